The summed E-state index contributed by atoms with van der Waals surface area (Å²) in [5, 5.41) is 8.34. The molecule has 0 atom stereocenters. The van der Waals surface area contributed by atoms with E-state index >= 15 is 0 Å². The molecule has 0 heterocycles. The fourth-order valence-electron chi connectivity index (χ4n) is 1.27. The van der Waals surface area contributed by atoms with Crippen LogP contribution in [0.25, 0.3) is 6.08 Å². The monoisotopic (exact) mass is 248 g/mol. The highest BCUT2D eigenvalue weighted by Crippen LogP contribution is 2.33. The molecule has 17 heavy (non-hydrogen) atoms. The van der Waals surface area contributed by atoms with E-state index in [9.17, 15) is 22.4 Å². The molecular weight excluding hydrogens is 240 g/mol. The van der Waals surface area contributed by atoms with E-state index in [0.29, 0.717) is 12.1 Å². The summed E-state index contributed by atoms with van der Waals surface area (Å²) in [4.78, 5) is 10.2. The molecule has 1 rings (SSSR count). The van der Waals surface area contributed by atoms with Gasteiger partial charge in [0.1, 0.15) is 5.82 Å². The Hall–Kier alpha value is -1.85. The van der Waals surface area contributed by atoms with Gasteiger partial charge in [-0.1, -0.05) is 0 Å². The van der Waals surface area contributed by atoms with Gasteiger partial charge in [-0.3, -0.25) is 0 Å². The van der Waals surface area contributed by atoms with E-state index in [4.69, 9.17) is 5.11 Å². The molecule has 0 aromatic heterocycles. The Bertz CT molecular complexity index is 475. The second-order valence-corrected chi connectivity index (χ2v) is 3.37. The third-order valence-electron chi connectivity index (χ3n) is 2.00. The molecule has 0 saturated carbocycles. The van der Waals surface area contributed by atoms with Crippen LogP contribution in [0.3, 0.4) is 0 Å². The zero-order chi connectivity index (χ0) is 13.2. The Balaban J connectivity index is 3.29. The van der Waals surface area contributed by atoms with E-state index in [1.54, 1.807) is 0 Å². The smallest absolute Gasteiger partial charge is 0.419 e. The summed E-state index contributed by atoms with van der Waals surface area (Å²) in [6, 6.07) is 1.71. The molecule has 0 aliphatic carbocycles. The topological polar surface area (TPSA) is 37.3 Å². The maximum atomic E-state index is 13.2. The molecule has 6 heteroatoms. The summed E-state index contributed by atoms with van der Waals surface area (Å²) in [5.74, 6) is -2.63. The van der Waals surface area contributed by atoms with E-state index in [2.05, 4.69) is 0 Å². The van der Waals surface area contributed by atoms with Crippen molar-refractivity contribution in [3.63, 3.8) is 0 Å². The molecule has 0 aliphatic heterocycles. The van der Waals surface area contributed by atoms with Crippen LogP contribution in [0.4, 0.5) is 17.6 Å². The lowest BCUT2D eigenvalue weighted by molar-refractivity contribution is -0.140. The van der Waals surface area contributed by atoms with E-state index < -0.39 is 23.5 Å². The highest BCUT2D eigenvalue weighted by Gasteiger charge is 2.34. The van der Waals surface area contributed by atoms with E-state index in [1.807, 2.05) is 0 Å². The zero-order valence-corrected chi connectivity index (χ0v) is 8.68. The lowest BCUT2D eigenvalue weighted by atomic mass is 10.0. The summed E-state index contributed by atoms with van der Waals surface area (Å²) in [7, 11) is 0. The van der Waals surface area contributed by atoms with E-state index in [-0.39, 0.29) is 11.1 Å². The van der Waals surface area contributed by atoms with Crippen LogP contribution in [0.2, 0.25) is 0 Å². The molecule has 0 spiro atoms. The van der Waals surface area contributed by atoms with Crippen LogP contribution in [0.1, 0.15) is 16.7 Å². The van der Waals surface area contributed by atoms with Gasteiger partial charge in [-0.25, -0.2) is 9.18 Å². The van der Waals surface area contributed by atoms with Gasteiger partial charge in [0, 0.05) is 6.08 Å². The third-order valence-corrected chi connectivity index (χ3v) is 2.00. The van der Waals surface area contributed by atoms with Crippen LogP contribution in [0.5, 0.6) is 0 Å². The van der Waals surface area contributed by atoms with Gasteiger partial charge >= 0.3 is 12.1 Å². The predicted molar refractivity (Wildman–Crippen MR) is 52.8 cm³/mol. The van der Waals surface area contributed by atoms with Gasteiger partial charge in [-0.15, -0.1) is 0 Å². The van der Waals surface area contributed by atoms with Gasteiger partial charge in [0.15, 0.2) is 0 Å². The molecule has 0 aliphatic rings. The number of hydrogen-bond donors (Lipinski definition) is 1. The minimum Gasteiger partial charge on any atom is -0.478 e. The minimum atomic E-state index is -4.80. The maximum absolute atomic E-state index is 13.2. The fourth-order valence-corrected chi connectivity index (χ4v) is 1.27. The van der Waals surface area contributed by atoms with Crippen molar-refractivity contribution in [2.75, 3.05) is 0 Å². The van der Waals surface area contributed by atoms with E-state index in [0.717, 1.165) is 12.1 Å². The molecule has 0 radical (unpaired) electrons. The minimum absolute atomic E-state index is 0.0152. The normalized spacial score (nSPS) is 12.1. The Morgan fingerprint density at radius 2 is 1.94 bits per heavy atom. The van der Waals surface area contributed by atoms with Crippen molar-refractivity contribution in [2.45, 2.75) is 13.1 Å². The number of hydrogen-bond acceptors (Lipinski definition) is 1. The number of alkyl halides is 3. The largest absolute Gasteiger partial charge is 0.478 e. The number of rotatable bonds is 2. The van der Waals surface area contributed by atoms with Crippen LogP contribution in [-0.4, -0.2) is 11.1 Å². The third kappa shape index (κ3) is 3.30. The van der Waals surface area contributed by atoms with Crippen molar-refractivity contribution >= 4 is 12.0 Å². The predicted octanol–water partition coefficient (Wildman–Crippen LogP) is 3.25. The number of halogens is 4. The van der Waals surface area contributed by atoms with Gasteiger partial charge < -0.3 is 5.11 Å². The molecule has 92 valence electrons. The van der Waals surface area contributed by atoms with Crippen LogP contribution in [0, 0.1) is 12.7 Å². The first kappa shape index (κ1) is 13.2. The Morgan fingerprint density at radius 3 is 2.41 bits per heavy atom. The average molecular weight is 248 g/mol. The van der Waals surface area contributed by atoms with Crippen LogP contribution in [-0.2, 0) is 11.0 Å². The standard InChI is InChI=1S/C11H8F4O2/c1-6-4-7(2-3-9(16)17)5-8(10(6)12)11(13,14)15/h2-5H,1H3,(H,16,17)/b3-2+. The number of aliphatic carboxylic acids is 1. The molecular formula is C11H8F4O2. The molecule has 1 aromatic carbocycles. The number of carboxylic acid groups (broad SMARTS) is 1. The first-order chi connectivity index (χ1) is 7.71. The van der Waals surface area contributed by atoms with Gasteiger partial charge in [0.2, 0.25) is 0 Å². The van der Waals surface area contributed by atoms with Crippen molar-refractivity contribution < 1.29 is 27.5 Å². The summed E-state index contributed by atoms with van der Waals surface area (Å²) >= 11 is 0. The second-order valence-electron chi connectivity index (χ2n) is 3.37. The molecule has 0 unspecified atom stereocenters. The van der Waals surface area contributed by atoms with Gasteiger partial charge in [-0.05, 0) is 36.3 Å². The Kier molecular flexibility index (Phi) is 3.55. The highest BCUT2D eigenvalue weighted by molar-refractivity contribution is 5.85. The second kappa shape index (κ2) is 4.57. The molecule has 1 N–H and O–H groups in total. The summed E-state index contributed by atoms with van der Waals surface area (Å²) < 4.78 is 50.5. The van der Waals surface area contributed by atoms with Crippen molar-refractivity contribution in [2.24, 2.45) is 0 Å². The summed E-state index contributed by atoms with van der Waals surface area (Å²) in [6.07, 6.45) is -3.14. The van der Waals surface area contributed by atoms with Gasteiger partial charge in [0.25, 0.3) is 0 Å². The van der Waals surface area contributed by atoms with E-state index in [1.165, 1.54) is 6.92 Å². The van der Waals surface area contributed by atoms with Crippen LogP contribution < -0.4 is 0 Å². The molecule has 0 amide bonds. The first-order valence-electron chi connectivity index (χ1n) is 4.50. The van der Waals surface area contributed by atoms with Crippen molar-refractivity contribution in [1.29, 1.82) is 0 Å². The molecule has 0 bridgehead atoms. The summed E-state index contributed by atoms with van der Waals surface area (Å²) in [5.41, 5.74) is -1.61. The number of carboxylic acids is 1. The van der Waals surface area contributed by atoms with Crippen molar-refractivity contribution in [3.8, 4) is 0 Å². The molecule has 0 saturated heterocycles. The summed E-state index contributed by atoms with van der Waals surface area (Å²) in [6.45, 7) is 1.18. The van der Waals surface area contributed by atoms with Gasteiger partial charge in [-0.2, -0.15) is 13.2 Å². The van der Waals surface area contributed by atoms with Gasteiger partial charge in [0.05, 0.1) is 5.56 Å². The van der Waals surface area contributed by atoms with Crippen molar-refractivity contribution in [1.82, 2.24) is 0 Å². The van der Waals surface area contributed by atoms with Crippen LogP contribution >= 0.6 is 0 Å². The Labute approximate surface area is 94.2 Å². The average Bonchev–Trinajstić information content (AvgIpc) is 2.17. The van der Waals surface area contributed by atoms with Crippen molar-refractivity contribution in [3.05, 3.63) is 40.7 Å². The number of benzene rings is 1. The Morgan fingerprint density at radius 1 is 1.35 bits per heavy atom. The molecule has 2 nitrogen and oxygen atoms in total. The lowest BCUT2D eigenvalue weighted by Gasteiger charge is -2.10. The lowest BCUT2D eigenvalue weighted by Crippen LogP contribution is -2.09. The zero-order valence-electron chi connectivity index (χ0n) is 8.68. The number of aryl methyl sites for hydroxylation is 1. The first-order valence-corrected chi connectivity index (χ1v) is 4.50. The fraction of sp³-hybridized carbons (Fsp3) is 0.182. The molecule has 1 aromatic rings. The number of carbonyl (C=O) groups is 1. The molecule has 0 fully saturated rings. The highest BCUT2D eigenvalue weighted by atomic mass is 19.4. The SMILES string of the molecule is Cc1cc(/C=C/C(=O)O)cc(C(F)(F)F)c1F. The quantitative estimate of drug-likeness (QED) is 0.644. The maximum Gasteiger partial charge on any atom is 0.419 e. The van der Waals surface area contributed by atoms with Crippen LogP contribution in [0.15, 0.2) is 18.2 Å².